The summed E-state index contributed by atoms with van der Waals surface area (Å²) in [4.78, 5) is 27.7. The van der Waals surface area contributed by atoms with Crippen molar-refractivity contribution in [3.8, 4) is 5.75 Å². The van der Waals surface area contributed by atoms with Gasteiger partial charge in [0.15, 0.2) is 11.8 Å². The summed E-state index contributed by atoms with van der Waals surface area (Å²) in [7, 11) is 1.60. The van der Waals surface area contributed by atoms with Gasteiger partial charge in [-0.3, -0.25) is 4.79 Å². The Kier molecular flexibility index (Phi) is 4.74. The minimum absolute atomic E-state index is 0.0781. The molecule has 3 aromatic carbocycles. The fraction of sp³-hybridized carbons (Fsp3) is 0.217. The molecule has 0 N–H and O–H groups in total. The van der Waals surface area contributed by atoms with E-state index < -0.39 is 12.1 Å². The van der Waals surface area contributed by atoms with Crippen molar-refractivity contribution in [2.24, 2.45) is 0 Å². The van der Waals surface area contributed by atoms with Crippen LogP contribution >= 0.6 is 0 Å². The number of esters is 1. The second-order valence-electron chi connectivity index (χ2n) is 6.64. The molecule has 28 heavy (non-hydrogen) atoms. The van der Waals surface area contributed by atoms with Crippen LogP contribution in [-0.4, -0.2) is 37.6 Å². The van der Waals surface area contributed by atoms with Gasteiger partial charge >= 0.3 is 5.97 Å². The van der Waals surface area contributed by atoms with Crippen LogP contribution < -0.4 is 9.64 Å². The minimum atomic E-state index is -0.611. The Morgan fingerprint density at radius 1 is 0.929 bits per heavy atom. The molecule has 1 heterocycles. The van der Waals surface area contributed by atoms with Gasteiger partial charge in [0.1, 0.15) is 11.8 Å². The maximum atomic E-state index is 13.4. The standard InChI is InChI=1S/C23H21NO4/c1-3-28-23(26)21-20(24(21)16-11-13-17(27-2)14-12-16)22(25)19-10-6-8-15-7-4-5-9-18(15)19/h4-14,20-21H,3H2,1-2H3/t20-,21+,24?/m0/s1. The van der Waals surface area contributed by atoms with Crippen molar-refractivity contribution in [2.75, 3.05) is 18.6 Å². The van der Waals surface area contributed by atoms with E-state index >= 15 is 0 Å². The number of anilines is 1. The average Bonchev–Trinajstić information content (AvgIpc) is 3.49. The first kappa shape index (κ1) is 18.0. The van der Waals surface area contributed by atoms with Gasteiger partial charge in [-0.1, -0.05) is 42.5 Å². The van der Waals surface area contributed by atoms with Gasteiger partial charge in [0.05, 0.1) is 13.7 Å². The number of ketones is 1. The summed E-state index contributed by atoms with van der Waals surface area (Å²) in [6, 6.07) is 19.6. The van der Waals surface area contributed by atoms with Crippen LogP contribution in [0.5, 0.6) is 5.75 Å². The molecule has 5 nitrogen and oxygen atoms in total. The van der Waals surface area contributed by atoms with Gasteiger partial charge in [0.2, 0.25) is 0 Å². The normalized spacial score (nSPS) is 18.0. The summed E-state index contributed by atoms with van der Waals surface area (Å²) >= 11 is 0. The molecule has 1 fully saturated rings. The number of nitrogens with zero attached hydrogens (tertiary/aromatic N) is 1. The van der Waals surface area contributed by atoms with Gasteiger partial charge in [0, 0.05) is 11.3 Å². The predicted octanol–water partition coefficient (Wildman–Crippen LogP) is 3.85. The molecule has 2 atom stereocenters. The molecule has 1 aliphatic rings. The average molecular weight is 375 g/mol. The molecule has 0 saturated carbocycles. The minimum Gasteiger partial charge on any atom is -0.497 e. The largest absolute Gasteiger partial charge is 0.497 e. The lowest BCUT2D eigenvalue weighted by Gasteiger charge is -2.08. The molecule has 0 aromatic heterocycles. The van der Waals surface area contributed by atoms with E-state index in [9.17, 15) is 9.59 Å². The van der Waals surface area contributed by atoms with Gasteiger partial charge in [-0.05, 0) is 42.0 Å². The van der Waals surface area contributed by atoms with Gasteiger partial charge in [-0.25, -0.2) is 4.79 Å². The maximum absolute atomic E-state index is 13.4. The number of benzene rings is 3. The summed E-state index contributed by atoms with van der Waals surface area (Å²) in [5.41, 5.74) is 1.41. The molecule has 1 aliphatic heterocycles. The lowest BCUT2D eigenvalue weighted by atomic mass is 9.99. The van der Waals surface area contributed by atoms with Crippen LogP contribution in [-0.2, 0) is 9.53 Å². The van der Waals surface area contributed by atoms with Crippen molar-refractivity contribution < 1.29 is 19.1 Å². The van der Waals surface area contributed by atoms with Crippen LogP contribution in [0.1, 0.15) is 17.3 Å². The highest BCUT2D eigenvalue weighted by Gasteiger charge is 2.58. The Bertz CT molecular complexity index is 1020. The third-order valence-corrected chi connectivity index (χ3v) is 5.03. The Morgan fingerprint density at radius 3 is 2.36 bits per heavy atom. The Hall–Kier alpha value is -3.34. The van der Waals surface area contributed by atoms with Crippen molar-refractivity contribution in [3.05, 3.63) is 72.3 Å². The number of methoxy groups -OCH3 is 1. The van der Waals surface area contributed by atoms with Crippen LogP contribution in [0, 0.1) is 0 Å². The number of Topliss-reactive ketones (excluding diaryl/α,β-unsaturated/α-hetero) is 1. The summed E-state index contributed by atoms with van der Waals surface area (Å²) < 4.78 is 10.4. The lowest BCUT2D eigenvalue weighted by molar-refractivity contribution is -0.142. The Morgan fingerprint density at radius 2 is 1.64 bits per heavy atom. The van der Waals surface area contributed by atoms with E-state index in [0.717, 1.165) is 22.2 Å². The second-order valence-corrected chi connectivity index (χ2v) is 6.64. The number of hydrogen-bond acceptors (Lipinski definition) is 5. The summed E-state index contributed by atoms with van der Waals surface area (Å²) in [6.07, 6.45) is 0. The molecule has 3 aromatic rings. The maximum Gasteiger partial charge on any atom is 0.331 e. The zero-order valence-corrected chi connectivity index (χ0v) is 15.8. The van der Waals surface area contributed by atoms with E-state index in [1.54, 1.807) is 14.0 Å². The molecule has 0 unspecified atom stereocenters. The van der Waals surface area contributed by atoms with Crippen LogP contribution in [0.3, 0.4) is 0 Å². The van der Waals surface area contributed by atoms with Crippen LogP contribution in [0.2, 0.25) is 0 Å². The number of hydrogen-bond donors (Lipinski definition) is 0. The van der Waals surface area contributed by atoms with E-state index in [-0.39, 0.29) is 18.4 Å². The first-order chi connectivity index (χ1) is 13.7. The quantitative estimate of drug-likeness (QED) is 0.372. The highest BCUT2D eigenvalue weighted by Crippen LogP contribution is 2.39. The first-order valence-corrected chi connectivity index (χ1v) is 9.26. The Labute approximate surface area is 163 Å². The summed E-state index contributed by atoms with van der Waals surface area (Å²) in [5, 5.41) is 1.89. The van der Waals surface area contributed by atoms with Crippen molar-refractivity contribution in [1.82, 2.24) is 0 Å². The molecule has 0 amide bonds. The fourth-order valence-electron chi connectivity index (χ4n) is 3.65. The van der Waals surface area contributed by atoms with Gasteiger partial charge in [0.25, 0.3) is 0 Å². The van der Waals surface area contributed by atoms with Crippen molar-refractivity contribution >= 4 is 28.2 Å². The van der Waals surface area contributed by atoms with Gasteiger partial charge in [-0.2, -0.15) is 0 Å². The van der Waals surface area contributed by atoms with E-state index in [1.165, 1.54) is 0 Å². The van der Waals surface area contributed by atoms with Crippen LogP contribution in [0.15, 0.2) is 66.7 Å². The third kappa shape index (κ3) is 3.09. The SMILES string of the molecule is CCOC(=O)[C@H]1[C@@H](C(=O)c2cccc3ccccc23)N1c1ccc(OC)cc1. The molecule has 0 radical (unpaired) electrons. The smallest absolute Gasteiger partial charge is 0.331 e. The van der Waals surface area contributed by atoms with Crippen LogP contribution in [0.25, 0.3) is 10.8 Å². The first-order valence-electron chi connectivity index (χ1n) is 9.26. The summed E-state index contributed by atoms with van der Waals surface area (Å²) in [5.74, 6) is 0.262. The van der Waals surface area contributed by atoms with Crippen molar-refractivity contribution in [2.45, 2.75) is 19.0 Å². The third-order valence-electron chi connectivity index (χ3n) is 5.03. The van der Waals surface area contributed by atoms with Crippen molar-refractivity contribution in [1.29, 1.82) is 0 Å². The van der Waals surface area contributed by atoms with Gasteiger partial charge in [-0.15, -0.1) is 0 Å². The summed E-state index contributed by atoms with van der Waals surface area (Å²) in [6.45, 7) is 2.04. The number of fused-ring (bicyclic) bond motifs is 1. The number of carbonyl (C=O) groups is 2. The Balaban J connectivity index is 1.70. The highest BCUT2D eigenvalue weighted by atomic mass is 16.5. The highest BCUT2D eigenvalue weighted by molar-refractivity contribution is 6.17. The zero-order chi connectivity index (χ0) is 19.7. The van der Waals surface area contributed by atoms with E-state index in [0.29, 0.717) is 5.56 Å². The fourth-order valence-corrected chi connectivity index (χ4v) is 3.65. The number of rotatable bonds is 6. The molecule has 142 valence electrons. The molecule has 1 saturated heterocycles. The van der Waals surface area contributed by atoms with Gasteiger partial charge < -0.3 is 14.4 Å². The van der Waals surface area contributed by atoms with E-state index in [1.807, 2.05) is 71.6 Å². The van der Waals surface area contributed by atoms with E-state index in [2.05, 4.69) is 0 Å². The molecule has 0 spiro atoms. The van der Waals surface area contributed by atoms with Crippen LogP contribution in [0.4, 0.5) is 5.69 Å². The number of ether oxygens (including phenoxy) is 2. The van der Waals surface area contributed by atoms with Crippen molar-refractivity contribution in [3.63, 3.8) is 0 Å². The predicted molar refractivity (Wildman–Crippen MR) is 108 cm³/mol. The second kappa shape index (κ2) is 7.35. The molecule has 0 aliphatic carbocycles. The molecule has 5 heteroatoms. The topological polar surface area (TPSA) is 55.6 Å². The molecule has 0 bridgehead atoms. The monoisotopic (exact) mass is 375 g/mol. The molecule has 4 rings (SSSR count). The number of carbonyl (C=O) groups excluding carboxylic acids is 2. The molecular weight excluding hydrogens is 354 g/mol. The lowest BCUT2D eigenvalue weighted by Crippen LogP contribution is -2.19. The molecular formula is C23H21NO4. The van der Waals surface area contributed by atoms with E-state index in [4.69, 9.17) is 9.47 Å². The zero-order valence-electron chi connectivity index (χ0n) is 15.8.